The highest BCUT2D eigenvalue weighted by atomic mass is 32.2. The maximum absolute atomic E-state index is 12.5. The van der Waals surface area contributed by atoms with Crippen LogP contribution in [0.3, 0.4) is 0 Å². The molecule has 0 fully saturated rings. The van der Waals surface area contributed by atoms with Crippen molar-refractivity contribution in [3.63, 3.8) is 0 Å². The fourth-order valence-electron chi connectivity index (χ4n) is 2.74. The summed E-state index contributed by atoms with van der Waals surface area (Å²) in [6.07, 6.45) is 1.47. The minimum absolute atomic E-state index is 0.00791. The molecule has 1 atom stereocenters. The number of imidazole rings is 1. The molecular weight excluding hydrogens is 416 g/mol. The van der Waals surface area contributed by atoms with Gasteiger partial charge in [0, 0.05) is 11.9 Å². The number of nitrogens with one attached hydrogen (secondary N) is 2. The molecule has 2 heterocycles. The lowest BCUT2D eigenvalue weighted by Crippen LogP contribution is -2.15. The van der Waals surface area contributed by atoms with Crippen molar-refractivity contribution in [3.05, 3.63) is 72.3 Å². The van der Waals surface area contributed by atoms with E-state index in [9.17, 15) is 13.7 Å². The number of fused-ring (bicyclic) bond motifs is 1. The molecule has 31 heavy (non-hydrogen) atoms. The lowest BCUT2D eigenvalue weighted by molar-refractivity contribution is 0.601. The van der Waals surface area contributed by atoms with Crippen LogP contribution in [0, 0.1) is 18.3 Å². The van der Waals surface area contributed by atoms with E-state index < -0.39 is 16.1 Å². The summed E-state index contributed by atoms with van der Waals surface area (Å²) in [7, 11) is -3.86. The van der Waals surface area contributed by atoms with Crippen molar-refractivity contribution < 1.29 is 8.42 Å². The van der Waals surface area contributed by atoms with Crippen LogP contribution in [0.1, 0.15) is 17.6 Å². The van der Waals surface area contributed by atoms with E-state index in [-0.39, 0.29) is 10.8 Å². The molecule has 2 N–H and O–H groups in total. The molecule has 4 aromatic rings. The second kappa shape index (κ2) is 8.29. The van der Waals surface area contributed by atoms with E-state index in [4.69, 9.17) is 0 Å². The van der Waals surface area contributed by atoms with Gasteiger partial charge in [0.25, 0.3) is 10.0 Å². The molecule has 2 aromatic heterocycles. The molecule has 0 amide bonds. The minimum Gasteiger partial charge on any atom is -0.339 e. The fraction of sp³-hybridized carbons (Fsp3) is 0.100. The van der Waals surface area contributed by atoms with E-state index in [2.05, 4.69) is 34.9 Å². The third-order valence-electron chi connectivity index (χ3n) is 4.25. The predicted octanol–water partition coefficient (Wildman–Crippen LogP) is 3.81. The molecule has 0 aliphatic carbocycles. The minimum atomic E-state index is -3.86. The van der Waals surface area contributed by atoms with Gasteiger partial charge in [-0.25, -0.2) is 28.1 Å². The quantitative estimate of drug-likeness (QED) is 0.442. The molecule has 154 valence electrons. The largest absolute Gasteiger partial charge is 0.339 e. The number of para-hydroxylation sites is 2. The third-order valence-corrected chi connectivity index (χ3v) is 5.59. The van der Waals surface area contributed by atoms with Crippen LogP contribution in [0.5, 0.6) is 0 Å². The Morgan fingerprint density at radius 3 is 2.58 bits per heavy atom. The fourth-order valence-corrected chi connectivity index (χ4v) is 3.69. The van der Waals surface area contributed by atoms with Gasteiger partial charge in [-0.15, -0.1) is 0 Å². The number of aromatic amines is 1. The molecule has 4 rings (SSSR count). The van der Waals surface area contributed by atoms with Crippen molar-refractivity contribution in [2.45, 2.75) is 17.9 Å². The Morgan fingerprint density at radius 1 is 1.10 bits per heavy atom. The molecule has 0 spiro atoms. The smallest absolute Gasteiger partial charge is 0.264 e. The molecule has 10 nitrogen and oxygen atoms in total. The second-order valence-corrected chi connectivity index (χ2v) is 8.19. The first kappa shape index (κ1) is 20.1. The number of nitriles is 1. The van der Waals surface area contributed by atoms with Gasteiger partial charge in [0.2, 0.25) is 12.0 Å². The van der Waals surface area contributed by atoms with Crippen LogP contribution in [0.25, 0.3) is 11.0 Å². The van der Waals surface area contributed by atoms with Crippen LogP contribution in [0.15, 0.2) is 75.9 Å². The number of aromatic nitrogens is 4. The summed E-state index contributed by atoms with van der Waals surface area (Å²) in [5.41, 5.74) is 2.56. The molecule has 0 bridgehead atoms. The topological polar surface area (TPSA) is 149 Å². The molecule has 0 radical (unpaired) electrons. The normalized spacial score (nSPS) is 12.6. The highest BCUT2D eigenvalue weighted by Gasteiger charge is 2.16. The highest BCUT2D eigenvalue weighted by Crippen LogP contribution is 2.23. The van der Waals surface area contributed by atoms with Gasteiger partial charge in [0.15, 0.2) is 0 Å². The third kappa shape index (κ3) is 4.54. The zero-order chi connectivity index (χ0) is 21.8. The lowest BCUT2D eigenvalue weighted by atomic mass is 10.3. The Hall–Kier alpha value is -4.17. The Balaban J connectivity index is 1.50. The van der Waals surface area contributed by atoms with E-state index in [0.29, 0.717) is 17.2 Å². The van der Waals surface area contributed by atoms with Crippen LogP contribution in [-0.2, 0) is 10.0 Å². The van der Waals surface area contributed by atoms with Crippen LogP contribution >= 0.6 is 0 Å². The van der Waals surface area contributed by atoms with Crippen molar-refractivity contribution in [3.8, 4) is 6.07 Å². The number of hydrogen-bond donors (Lipinski definition) is 2. The summed E-state index contributed by atoms with van der Waals surface area (Å²) < 4.78 is 27.3. The van der Waals surface area contributed by atoms with Gasteiger partial charge in [0.05, 0.1) is 27.7 Å². The van der Waals surface area contributed by atoms with Gasteiger partial charge < -0.3 is 4.98 Å². The first-order chi connectivity index (χ1) is 14.9. The Labute approximate surface area is 177 Å². The van der Waals surface area contributed by atoms with Gasteiger partial charge in [-0.2, -0.15) is 15.5 Å². The van der Waals surface area contributed by atoms with E-state index in [0.717, 1.165) is 11.0 Å². The van der Waals surface area contributed by atoms with Crippen molar-refractivity contribution >= 4 is 32.7 Å². The van der Waals surface area contributed by atoms with Crippen LogP contribution < -0.4 is 4.72 Å². The van der Waals surface area contributed by atoms with Crippen LogP contribution in [0.4, 0.5) is 11.6 Å². The van der Waals surface area contributed by atoms with Crippen LogP contribution in [0.2, 0.25) is 0 Å². The highest BCUT2D eigenvalue weighted by molar-refractivity contribution is 7.92. The Morgan fingerprint density at radius 2 is 1.87 bits per heavy atom. The number of rotatable bonds is 6. The second-order valence-electron chi connectivity index (χ2n) is 6.51. The van der Waals surface area contributed by atoms with Crippen LogP contribution in [-0.4, -0.2) is 28.4 Å². The first-order valence-corrected chi connectivity index (χ1v) is 10.6. The van der Waals surface area contributed by atoms with Gasteiger partial charge in [-0.3, -0.25) is 0 Å². The van der Waals surface area contributed by atoms with E-state index in [1.54, 1.807) is 13.0 Å². The summed E-state index contributed by atoms with van der Waals surface area (Å²) in [5, 5.41) is 17.5. The molecule has 0 aliphatic rings. The molecule has 2 aromatic carbocycles. The van der Waals surface area contributed by atoms with Gasteiger partial charge in [-0.1, -0.05) is 12.1 Å². The number of azo groups is 1. The van der Waals surface area contributed by atoms with E-state index >= 15 is 0 Å². The molecular formula is C20H16N8O2S. The average Bonchev–Trinajstić information content (AvgIpc) is 3.18. The molecule has 0 saturated carbocycles. The number of hydrogen-bond acceptors (Lipinski definition) is 8. The zero-order valence-electron chi connectivity index (χ0n) is 16.3. The summed E-state index contributed by atoms with van der Waals surface area (Å²) in [4.78, 5) is 15.4. The van der Waals surface area contributed by atoms with Gasteiger partial charge in [-0.05, 0) is 49.4 Å². The number of sulfonamides is 1. The lowest BCUT2D eigenvalue weighted by Gasteiger charge is -2.07. The molecule has 11 heteroatoms. The number of H-pyrrole nitrogens is 1. The van der Waals surface area contributed by atoms with Gasteiger partial charge in [0.1, 0.15) is 5.82 Å². The number of anilines is 1. The molecule has 1 unspecified atom stereocenters. The predicted molar refractivity (Wildman–Crippen MR) is 113 cm³/mol. The number of benzene rings is 2. The van der Waals surface area contributed by atoms with Crippen molar-refractivity contribution in [1.29, 1.82) is 5.26 Å². The summed E-state index contributed by atoms with van der Waals surface area (Å²) in [5.74, 6) is 0.375. The van der Waals surface area contributed by atoms with E-state index in [1.807, 2.05) is 30.3 Å². The van der Waals surface area contributed by atoms with E-state index in [1.165, 1.54) is 30.5 Å². The van der Waals surface area contributed by atoms with Gasteiger partial charge >= 0.3 is 0 Å². The van der Waals surface area contributed by atoms with Crippen molar-refractivity contribution in [2.75, 3.05) is 4.72 Å². The Bertz CT molecular complexity index is 1370. The summed E-state index contributed by atoms with van der Waals surface area (Å²) in [6.45, 7) is 1.74. The van der Waals surface area contributed by atoms with Crippen molar-refractivity contribution in [1.82, 2.24) is 19.9 Å². The maximum Gasteiger partial charge on any atom is 0.264 e. The monoisotopic (exact) mass is 432 g/mol. The first-order valence-electron chi connectivity index (χ1n) is 9.12. The SMILES string of the molecule is Cc1ccnc(NS(=O)(=O)c2ccc(N=NC(C#N)c3nc4ccccc4[nH]3)cc2)n1. The summed E-state index contributed by atoms with van der Waals surface area (Å²) in [6, 6.07) is 15.9. The standard InChI is InChI=1S/C20H16N8O2S/c1-13-10-11-22-20(23-13)28-31(29,30)15-8-6-14(7-9-15)26-27-18(12-21)19-24-16-4-2-3-5-17(16)25-19/h2-11,18H,1H3,(H,24,25)(H,22,23,28). The summed E-state index contributed by atoms with van der Waals surface area (Å²) >= 11 is 0. The van der Waals surface area contributed by atoms with Crippen molar-refractivity contribution in [2.24, 2.45) is 10.2 Å². The number of aryl methyl sites for hydroxylation is 1. The average molecular weight is 432 g/mol. The molecule has 0 saturated heterocycles. The number of nitrogens with zero attached hydrogens (tertiary/aromatic N) is 6. The maximum atomic E-state index is 12.5. The molecule has 0 aliphatic heterocycles. The Kier molecular flexibility index (Phi) is 5.38. The zero-order valence-corrected chi connectivity index (χ0v) is 17.1.